The van der Waals surface area contributed by atoms with E-state index in [1.54, 1.807) is 7.11 Å². The molecule has 5 nitrogen and oxygen atoms in total. The van der Waals surface area contributed by atoms with Gasteiger partial charge in [0.1, 0.15) is 11.5 Å². The maximum absolute atomic E-state index is 12.2. The molecule has 0 spiro atoms. The Morgan fingerprint density at radius 1 is 1.55 bits per heavy atom. The third kappa shape index (κ3) is 1.81. The summed E-state index contributed by atoms with van der Waals surface area (Å²) in [4.78, 5) is 12.2. The molecule has 1 aromatic rings. The lowest BCUT2D eigenvalue weighted by atomic mass is 9.78. The Bertz CT molecular complexity index is 618. The monoisotopic (exact) mass is 275 g/mol. The number of hydrogen-bond acceptors (Lipinski definition) is 4. The Balaban J connectivity index is 2.17. The summed E-state index contributed by atoms with van der Waals surface area (Å²) >= 11 is 0. The fourth-order valence-corrected chi connectivity index (χ4v) is 3.02. The summed E-state index contributed by atoms with van der Waals surface area (Å²) < 4.78 is 11.1. The van der Waals surface area contributed by atoms with Gasteiger partial charge in [-0.25, -0.2) is 0 Å². The van der Waals surface area contributed by atoms with Crippen LogP contribution in [-0.4, -0.2) is 23.8 Å². The predicted molar refractivity (Wildman–Crippen MR) is 72.9 cm³/mol. The Kier molecular flexibility index (Phi) is 2.67. The zero-order valence-electron chi connectivity index (χ0n) is 11.7. The third-order valence-corrected chi connectivity index (χ3v) is 3.89. The van der Waals surface area contributed by atoms with E-state index in [4.69, 9.17) is 9.47 Å². The molecule has 2 atom stereocenters. The molecule has 3 rings (SSSR count). The number of amides is 1. The van der Waals surface area contributed by atoms with E-state index in [-0.39, 0.29) is 17.6 Å². The highest BCUT2D eigenvalue weighted by atomic mass is 16.5. The molecular weight excluding hydrogens is 258 g/mol. The normalized spacial score (nSPS) is 29.9. The molecule has 0 saturated carbocycles. The van der Waals surface area contributed by atoms with E-state index >= 15 is 0 Å². The number of fused-ring (bicyclic) bond motifs is 4. The van der Waals surface area contributed by atoms with Crippen LogP contribution in [0.4, 0.5) is 0 Å². The lowest BCUT2D eigenvalue weighted by molar-refractivity contribution is -0.127. The number of allylic oxidation sites excluding steroid dienone is 1. The second-order valence-corrected chi connectivity index (χ2v) is 5.45. The Hall–Kier alpha value is -2.17. The summed E-state index contributed by atoms with van der Waals surface area (Å²) in [5.74, 6) is 1.00. The molecule has 2 heterocycles. The number of benzene rings is 1. The quantitative estimate of drug-likeness (QED) is 0.609. The van der Waals surface area contributed by atoms with Crippen LogP contribution >= 0.6 is 0 Å². The standard InChI is InChI=1S/C15H17NO4/c1-8(17)13-11-7-15(2,16-14(13)18)20-12-6-9(19-3)4-5-10(11)12/h4-6,11,17H,7H2,1-3H3,(H,16,18)/b13-8+/t11-,15+/m1/s1. The molecule has 0 unspecified atom stereocenters. The van der Waals surface area contributed by atoms with Crippen LogP contribution in [0.5, 0.6) is 11.5 Å². The lowest BCUT2D eigenvalue weighted by Gasteiger charge is -2.45. The highest BCUT2D eigenvalue weighted by Crippen LogP contribution is 2.47. The van der Waals surface area contributed by atoms with E-state index < -0.39 is 5.72 Å². The number of hydrogen-bond donors (Lipinski definition) is 2. The van der Waals surface area contributed by atoms with Crippen molar-refractivity contribution in [2.45, 2.75) is 31.9 Å². The van der Waals surface area contributed by atoms with Crippen molar-refractivity contribution in [2.75, 3.05) is 7.11 Å². The zero-order valence-corrected chi connectivity index (χ0v) is 11.7. The Morgan fingerprint density at radius 2 is 2.30 bits per heavy atom. The number of aliphatic hydroxyl groups is 1. The van der Waals surface area contributed by atoms with Crippen molar-refractivity contribution < 1.29 is 19.4 Å². The second kappa shape index (κ2) is 4.16. The number of ether oxygens (including phenoxy) is 2. The number of nitrogens with one attached hydrogen (secondary N) is 1. The molecule has 1 saturated heterocycles. The van der Waals surface area contributed by atoms with Crippen LogP contribution in [-0.2, 0) is 4.79 Å². The molecule has 2 aliphatic heterocycles. The van der Waals surface area contributed by atoms with Gasteiger partial charge >= 0.3 is 0 Å². The molecule has 20 heavy (non-hydrogen) atoms. The third-order valence-electron chi connectivity index (χ3n) is 3.89. The largest absolute Gasteiger partial charge is 0.512 e. The summed E-state index contributed by atoms with van der Waals surface area (Å²) in [6, 6.07) is 5.53. The van der Waals surface area contributed by atoms with Crippen molar-refractivity contribution in [3.05, 3.63) is 35.1 Å². The average molecular weight is 275 g/mol. The summed E-state index contributed by atoms with van der Waals surface area (Å²) in [5.41, 5.74) is 0.568. The van der Waals surface area contributed by atoms with E-state index in [9.17, 15) is 9.90 Å². The summed E-state index contributed by atoms with van der Waals surface area (Å²) in [5, 5.41) is 12.6. The van der Waals surface area contributed by atoms with Crippen LogP contribution < -0.4 is 14.8 Å². The van der Waals surface area contributed by atoms with Crippen molar-refractivity contribution in [2.24, 2.45) is 0 Å². The van der Waals surface area contributed by atoms with Gasteiger partial charge in [-0.15, -0.1) is 0 Å². The molecule has 0 radical (unpaired) electrons. The highest BCUT2D eigenvalue weighted by Gasteiger charge is 2.47. The summed E-state index contributed by atoms with van der Waals surface area (Å²) in [7, 11) is 1.60. The van der Waals surface area contributed by atoms with Crippen LogP contribution in [0.2, 0.25) is 0 Å². The van der Waals surface area contributed by atoms with Gasteiger partial charge in [-0.05, 0) is 19.9 Å². The second-order valence-electron chi connectivity index (χ2n) is 5.45. The molecule has 1 amide bonds. The highest BCUT2D eigenvalue weighted by molar-refractivity contribution is 5.97. The fraction of sp³-hybridized carbons (Fsp3) is 0.400. The number of carbonyl (C=O) groups is 1. The minimum atomic E-state index is -0.750. The predicted octanol–water partition coefficient (Wildman–Crippen LogP) is 2.24. The van der Waals surface area contributed by atoms with Gasteiger partial charge in [-0.1, -0.05) is 6.07 Å². The van der Waals surface area contributed by atoms with Gasteiger partial charge in [0.05, 0.1) is 18.4 Å². The van der Waals surface area contributed by atoms with Crippen molar-refractivity contribution in [1.29, 1.82) is 0 Å². The van der Waals surface area contributed by atoms with E-state index in [0.29, 0.717) is 23.5 Å². The van der Waals surface area contributed by atoms with Crippen LogP contribution in [0.1, 0.15) is 31.7 Å². The molecule has 5 heteroatoms. The molecule has 1 fully saturated rings. The van der Waals surface area contributed by atoms with Gasteiger partial charge in [0.25, 0.3) is 5.91 Å². The van der Waals surface area contributed by atoms with E-state index in [1.165, 1.54) is 6.92 Å². The van der Waals surface area contributed by atoms with Crippen LogP contribution in [0.15, 0.2) is 29.5 Å². The molecular formula is C15H17NO4. The topological polar surface area (TPSA) is 67.8 Å². The number of methoxy groups -OCH3 is 1. The summed E-state index contributed by atoms with van der Waals surface area (Å²) in [6.07, 6.45) is 0.602. The molecule has 0 aliphatic carbocycles. The SMILES string of the molecule is COc1ccc2c(c1)O[C@@]1(C)C[C@H]2/C(=C(/C)O)C(=O)N1. The average Bonchev–Trinajstić information content (AvgIpc) is 2.35. The van der Waals surface area contributed by atoms with Crippen LogP contribution in [0, 0.1) is 0 Å². The first-order valence-electron chi connectivity index (χ1n) is 6.53. The van der Waals surface area contributed by atoms with Gasteiger partial charge in [0.2, 0.25) is 0 Å². The van der Waals surface area contributed by atoms with Crippen LogP contribution in [0.25, 0.3) is 0 Å². The number of aliphatic hydroxyl groups excluding tert-OH is 1. The first-order valence-corrected chi connectivity index (χ1v) is 6.53. The molecule has 2 bridgehead atoms. The minimum Gasteiger partial charge on any atom is -0.512 e. The smallest absolute Gasteiger partial charge is 0.254 e. The zero-order chi connectivity index (χ0) is 14.5. The summed E-state index contributed by atoms with van der Waals surface area (Å²) in [6.45, 7) is 3.38. The first-order chi connectivity index (χ1) is 9.43. The number of rotatable bonds is 1. The Labute approximate surface area is 117 Å². The fourth-order valence-electron chi connectivity index (χ4n) is 3.02. The van der Waals surface area contributed by atoms with E-state index in [0.717, 1.165) is 5.56 Å². The number of piperidine rings is 1. The van der Waals surface area contributed by atoms with Gasteiger partial charge < -0.3 is 19.9 Å². The first kappa shape index (κ1) is 12.8. The van der Waals surface area contributed by atoms with Gasteiger partial charge in [0, 0.05) is 24.0 Å². The van der Waals surface area contributed by atoms with Crippen LogP contribution in [0.3, 0.4) is 0 Å². The van der Waals surface area contributed by atoms with E-state index in [1.807, 2.05) is 25.1 Å². The van der Waals surface area contributed by atoms with Crippen molar-refractivity contribution in [3.8, 4) is 11.5 Å². The maximum atomic E-state index is 12.2. The molecule has 1 aromatic carbocycles. The number of carbonyl (C=O) groups excluding carboxylic acids is 1. The van der Waals surface area contributed by atoms with Crippen molar-refractivity contribution in [3.63, 3.8) is 0 Å². The van der Waals surface area contributed by atoms with E-state index in [2.05, 4.69) is 5.32 Å². The lowest BCUT2D eigenvalue weighted by Crippen LogP contribution is -2.58. The van der Waals surface area contributed by atoms with Gasteiger partial charge in [-0.3, -0.25) is 4.79 Å². The van der Waals surface area contributed by atoms with Gasteiger partial charge in [0.15, 0.2) is 5.72 Å². The minimum absolute atomic E-state index is 0.0539. The molecule has 2 N–H and O–H groups in total. The Morgan fingerprint density at radius 3 is 2.95 bits per heavy atom. The molecule has 106 valence electrons. The molecule has 2 aliphatic rings. The molecule has 0 aromatic heterocycles. The van der Waals surface area contributed by atoms with Crippen molar-refractivity contribution in [1.82, 2.24) is 5.32 Å². The van der Waals surface area contributed by atoms with Gasteiger partial charge in [-0.2, -0.15) is 0 Å². The maximum Gasteiger partial charge on any atom is 0.254 e. The van der Waals surface area contributed by atoms with Crippen molar-refractivity contribution >= 4 is 5.91 Å².